The summed E-state index contributed by atoms with van der Waals surface area (Å²) in [5.41, 5.74) is 1.47. The van der Waals surface area contributed by atoms with Crippen LogP contribution in [0.15, 0.2) is 39.7 Å². The fraction of sp³-hybridized carbons (Fsp3) is 0.357. The third kappa shape index (κ3) is 3.49. The largest absolute Gasteiger partial charge is 0.468 e. The van der Waals surface area contributed by atoms with Gasteiger partial charge in [-0.3, -0.25) is 0 Å². The normalized spacial score (nSPS) is 10.7. The van der Waals surface area contributed by atoms with Gasteiger partial charge in [0.1, 0.15) is 12.0 Å². The standard InChI is InChI=1S/C14H17NO5/c1-11-9-19-14(16)15(11)12-3-5-13(6-4-12)20-10-18-8-7-17-2/h3-6,9H,7-8,10H2,1-2H3. The van der Waals surface area contributed by atoms with Gasteiger partial charge in [-0.2, -0.15) is 0 Å². The van der Waals surface area contributed by atoms with Crippen LogP contribution in [0.2, 0.25) is 0 Å². The Balaban J connectivity index is 1.95. The van der Waals surface area contributed by atoms with Crippen molar-refractivity contribution in [1.82, 2.24) is 4.57 Å². The second-order valence-electron chi connectivity index (χ2n) is 4.14. The lowest BCUT2D eigenvalue weighted by Crippen LogP contribution is -2.13. The van der Waals surface area contributed by atoms with Gasteiger partial charge in [0.25, 0.3) is 0 Å². The molecule has 20 heavy (non-hydrogen) atoms. The first-order valence-corrected chi connectivity index (χ1v) is 6.19. The minimum atomic E-state index is -0.404. The summed E-state index contributed by atoms with van der Waals surface area (Å²) in [5.74, 6) is 0.263. The van der Waals surface area contributed by atoms with Gasteiger partial charge in [0.2, 0.25) is 0 Å². The molecule has 6 nitrogen and oxygen atoms in total. The van der Waals surface area contributed by atoms with Crippen molar-refractivity contribution < 1.29 is 18.6 Å². The van der Waals surface area contributed by atoms with Gasteiger partial charge in [-0.25, -0.2) is 9.36 Å². The average molecular weight is 279 g/mol. The molecule has 0 saturated carbocycles. The summed E-state index contributed by atoms with van der Waals surface area (Å²) in [4.78, 5) is 11.5. The molecule has 2 aromatic rings. The molecular formula is C14H17NO5. The molecule has 1 heterocycles. The van der Waals surface area contributed by atoms with Gasteiger partial charge in [0.15, 0.2) is 6.79 Å². The molecule has 0 fully saturated rings. The summed E-state index contributed by atoms with van der Waals surface area (Å²) in [7, 11) is 1.61. The Kier molecular flexibility index (Phi) is 4.97. The minimum Gasteiger partial charge on any atom is -0.468 e. The van der Waals surface area contributed by atoms with E-state index in [-0.39, 0.29) is 6.79 Å². The van der Waals surface area contributed by atoms with Crippen LogP contribution in [0.1, 0.15) is 5.69 Å². The Labute approximate surface area is 116 Å². The first-order chi connectivity index (χ1) is 9.72. The highest BCUT2D eigenvalue weighted by Crippen LogP contribution is 2.15. The number of ether oxygens (including phenoxy) is 3. The second kappa shape index (κ2) is 6.93. The molecule has 0 aliphatic carbocycles. The van der Waals surface area contributed by atoms with E-state index in [0.29, 0.717) is 19.0 Å². The van der Waals surface area contributed by atoms with Crippen molar-refractivity contribution in [3.05, 3.63) is 46.8 Å². The van der Waals surface area contributed by atoms with Crippen molar-refractivity contribution >= 4 is 0 Å². The van der Waals surface area contributed by atoms with E-state index in [9.17, 15) is 4.79 Å². The van der Waals surface area contributed by atoms with Crippen LogP contribution in [-0.2, 0) is 9.47 Å². The minimum absolute atomic E-state index is 0.160. The third-order valence-corrected chi connectivity index (χ3v) is 2.70. The van der Waals surface area contributed by atoms with Crippen molar-refractivity contribution in [1.29, 1.82) is 0 Å². The fourth-order valence-corrected chi connectivity index (χ4v) is 1.70. The summed E-state index contributed by atoms with van der Waals surface area (Å²) in [6.45, 7) is 2.98. The van der Waals surface area contributed by atoms with E-state index in [2.05, 4.69) is 0 Å². The molecule has 0 bridgehead atoms. The predicted molar refractivity (Wildman–Crippen MR) is 72.4 cm³/mol. The monoisotopic (exact) mass is 279 g/mol. The zero-order chi connectivity index (χ0) is 14.4. The van der Waals surface area contributed by atoms with Gasteiger partial charge in [-0.1, -0.05) is 0 Å². The number of oxazole rings is 1. The molecule has 0 aliphatic heterocycles. The number of nitrogens with zero attached hydrogens (tertiary/aromatic N) is 1. The molecule has 0 radical (unpaired) electrons. The molecule has 0 unspecified atom stereocenters. The summed E-state index contributed by atoms with van der Waals surface area (Å²) >= 11 is 0. The molecule has 0 amide bonds. The van der Waals surface area contributed by atoms with Crippen LogP contribution in [0.25, 0.3) is 5.69 Å². The number of methoxy groups -OCH3 is 1. The van der Waals surface area contributed by atoms with Crippen molar-refractivity contribution in [3.63, 3.8) is 0 Å². The summed E-state index contributed by atoms with van der Waals surface area (Å²) in [6.07, 6.45) is 1.43. The lowest BCUT2D eigenvalue weighted by molar-refractivity contribution is -0.00847. The molecule has 108 valence electrons. The fourth-order valence-electron chi connectivity index (χ4n) is 1.70. The zero-order valence-corrected chi connectivity index (χ0v) is 11.5. The lowest BCUT2D eigenvalue weighted by Gasteiger charge is -2.08. The van der Waals surface area contributed by atoms with Crippen LogP contribution < -0.4 is 10.5 Å². The van der Waals surface area contributed by atoms with E-state index in [4.69, 9.17) is 18.6 Å². The summed E-state index contributed by atoms with van der Waals surface area (Å²) in [5, 5.41) is 0. The van der Waals surface area contributed by atoms with Crippen LogP contribution in [0, 0.1) is 6.92 Å². The van der Waals surface area contributed by atoms with Crippen LogP contribution in [0.5, 0.6) is 5.75 Å². The van der Waals surface area contributed by atoms with E-state index in [1.165, 1.54) is 10.8 Å². The van der Waals surface area contributed by atoms with Crippen LogP contribution in [0.3, 0.4) is 0 Å². The predicted octanol–water partition coefficient (Wildman–Crippen LogP) is 1.74. The van der Waals surface area contributed by atoms with Crippen molar-refractivity contribution in [2.45, 2.75) is 6.92 Å². The first kappa shape index (κ1) is 14.4. The Hall–Kier alpha value is -2.05. The van der Waals surface area contributed by atoms with Crippen LogP contribution in [0.4, 0.5) is 0 Å². The number of benzene rings is 1. The smallest absolute Gasteiger partial charge is 0.423 e. The van der Waals surface area contributed by atoms with E-state index in [1.54, 1.807) is 38.3 Å². The summed E-state index contributed by atoms with van der Waals surface area (Å²) < 4.78 is 21.8. The third-order valence-electron chi connectivity index (χ3n) is 2.70. The highest BCUT2D eigenvalue weighted by molar-refractivity contribution is 5.38. The molecule has 0 aliphatic rings. The van der Waals surface area contributed by atoms with Gasteiger partial charge in [-0.05, 0) is 31.2 Å². The van der Waals surface area contributed by atoms with Crippen molar-refractivity contribution in [3.8, 4) is 11.4 Å². The number of rotatable bonds is 7. The van der Waals surface area contributed by atoms with Crippen LogP contribution >= 0.6 is 0 Å². The van der Waals surface area contributed by atoms with Crippen molar-refractivity contribution in [2.75, 3.05) is 27.1 Å². The van der Waals surface area contributed by atoms with E-state index >= 15 is 0 Å². The van der Waals surface area contributed by atoms with E-state index in [0.717, 1.165) is 11.4 Å². The second-order valence-corrected chi connectivity index (χ2v) is 4.14. The SMILES string of the molecule is COCCOCOc1ccc(-n2c(C)coc2=O)cc1. The van der Waals surface area contributed by atoms with E-state index < -0.39 is 5.76 Å². The molecule has 1 aromatic heterocycles. The zero-order valence-electron chi connectivity index (χ0n) is 11.5. The van der Waals surface area contributed by atoms with Gasteiger partial charge in [-0.15, -0.1) is 0 Å². The topological polar surface area (TPSA) is 62.8 Å². The maximum Gasteiger partial charge on any atom is 0.423 e. The maximum absolute atomic E-state index is 11.5. The van der Waals surface area contributed by atoms with E-state index in [1.807, 2.05) is 0 Å². The van der Waals surface area contributed by atoms with Gasteiger partial charge >= 0.3 is 5.76 Å². The molecular weight excluding hydrogens is 262 g/mol. The number of hydrogen-bond donors (Lipinski definition) is 0. The molecule has 6 heteroatoms. The molecule has 1 aromatic carbocycles. The van der Waals surface area contributed by atoms with Crippen LogP contribution in [-0.4, -0.2) is 31.7 Å². The first-order valence-electron chi connectivity index (χ1n) is 6.19. The molecule has 0 N–H and O–H groups in total. The highest BCUT2D eigenvalue weighted by atomic mass is 16.7. The highest BCUT2D eigenvalue weighted by Gasteiger charge is 2.06. The van der Waals surface area contributed by atoms with Gasteiger partial charge in [0, 0.05) is 7.11 Å². The molecule has 0 atom stereocenters. The quantitative estimate of drug-likeness (QED) is 0.570. The van der Waals surface area contributed by atoms with Crippen molar-refractivity contribution in [2.24, 2.45) is 0 Å². The average Bonchev–Trinajstić information content (AvgIpc) is 2.79. The Morgan fingerprint density at radius 1 is 1.20 bits per heavy atom. The number of hydrogen-bond acceptors (Lipinski definition) is 5. The lowest BCUT2D eigenvalue weighted by atomic mass is 10.3. The molecule has 0 saturated heterocycles. The Morgan fingerprint density at radius 3 is 2.55 bits per heavy atom. The Morgan fingerprint density at radius 2 is 1.95 bits per heavy atom. The summed E-state index contributed by atoms with van der Waals surface area (Å²) in [6, 6.07) is 7.12. The van der Waals surface area contributed by atoms with Gasteiger partial charge < -0.3 is 18.6 Å². The number of aryl methyl sites for hydroxylation is 1. The Bertz CT molecular complexity index is 584. The molecule has 0 spiro atoms. The number of aromatic nitrogens is 1. The van der Waals surface area contributed by atoms with Gasteiger partial charge in [0.05, 0.1) is 24.6 Å². The molecule has 2 rings (SSSR count). The maximum atomic E-state index is 11.5.